The van der Waals surface area contributed by atoms with Crippen molar-refractivity contribution >= 4 is 46.3 Å². The number of β-lactam (4-membered cyclic amide) rings is 1. The average Bonchev–Trinajstić information content (AvgIpc) is 1.68. The maximum atomic E-state index is 10.3. The molecule has 2 nitrogen and oxygen atoms in total. The molecule has 1 fully saturated rings. The van der Waals surface area contributed by atoms with Crippen LogP contribution in [0.15, 0.2) is 0 Å². The zero-order valence-electron chi connectivity index (χ0n) is 3.57. The molecule has 8 heavy (non-hydrogen) atoms. The number of alkyl halides is 2. The molecule has 1 N–H and O–H groups in total. The highest BCUT2D eigenvalue weighted by molar-refractivity contribution is 7.81. The molecule has 0 radical (unpaired) electrons. The monoisotopic (exact) mass is 169 g/mol. The van der Waals surface area contributed by atoms with Crippen molar-refractivity contribution in [3.63, 3.8) is 0 Å². The second-order valence-electron chi connectivity index (χ2n) is 1.36. The van der Waals surface area contributed by atoms with Gasteiger partial charge in [0, 0.05) is 0 Å². The van der Waals surface area contributed by atoms with E-state index in [9.17, 15) is 4.79 Å². The molecule has 0 bridgehead atoms. The summed E-state index contributed by atoms with van der Waals surface area (Å²) in [4.78, 5) is 10.5. The molecule has 1 rings (SSSR count). The third-order valence-electron chi connectivity index (χ3n) is 0.797. The van der Waals surface area contributed by atoms with Gasteiger partial charge in [-0.3, -0.25) is 4.79 Å². The van der Waals surface area contributed by atoms with Crippen molar-refractivity contribution in [1.82, 2.24) is 5.32 Å². The molecule has 1 heterocycles. The van der Waals surface area contributed by atoms with E-state index in [2.05, 4.69) is 17.5 Å². The van der Waals surface area contributed by atoms with E-state index < -0.39 is 10.2 Å². The summed E-state index contributed by atoms with van der Waals surface area (Å²) in [6.45, 7) is 0. The third kappa shape index (κ3) is 0.623. The Hall–Kier alpha value is 0.140. The number of amides is 1. The highest BCUT2D eigenvalue weighted by Gasteiger charge is 2.48. The normalized spacial score (nSPS) is 24.2. The Bertz CT molecular complexity index is 151. The minimum atomic E-state index is -1.44. The van der Waals surface area contributed by atoms with Crippen LogP contribution >= 0.6 is 35.4 Å². The molecular weight excluding hydrogens is 169 g/mol. The van der Waals surface area contributed by atoms with E-state index in [1.165, 1.54) is 0 Å². The van der Waals surface area contributed by atoms with Crippen LogP contribution < -0.4 is 5.32 Å². The van der Waals surface area contributed by atoms with Gasteiger partial charge in [0.15, 0.2) is 0 Å². The SMILES string of the molecule is O=C1NC(=S)C1(Cl)Cl. The number of rotatable bonds is 0. The van der Waals surface area contributed by atoms with Gasteiger partial charge in [-0.1, -0.05) is 35.4 Å². The Morgan fingerprint density at radius 2 is 2.12 bits per heavy atom. The maximum absolute atomic E-state index is 10.3. The van der Waals surface area contributed by atoms with Crippen LogP contribution in [-0.4, -0.2) is 15.2 Å². The van der Waals surface area contributed by atoms with Gasteiger partial charge >= 0.3 is 0 Å². The first-order valence-electron chi connectivity index (χ1n) is 1.79. The quantitative estimate of drug-likeness (QED) is 0.328. The van der Waals surface area contributed by atoms with Gasteiger partial charge in [0.2, 0.25) is 4.33 Å². The predicted molar refractivity (Wildman–Crippen MR) is 35.2 cm³/mol. The maximum Gasteiger partial charge on any atom is 0.268 e. The lowest BCUT2D eigenvalue weighted by atomic mass is 10.2. The first kappa shape index (κ1) is 6.26. The molecule has 0 aromatic rings. The fraction of sp³-hybridized carbons (Fsp3) is 0.333. The van der Waals surface area contributed by atoms with Crippen molar-refractivity contribution in [3.05, 3.63) is 0 Å². The van der Waals surface area contributed by atoms with E-state index >= 15 is 0 Å². The first-order valence-corrected chi connectivity index (χ1v) is 2.95. The van der Waals surface area contributed by atoms with Gasteiger partial charge in [0.1, 0.15) is 4.99 Å². The fourth-order valence-electron chi connectivity index (χ4n) is 0.301. The number of halogens is 2. The molecule has 0 aromatic carbocycles. The van der Waals surface area contributed by atoms with Gasteiger partial charge in [-0.25, -0.2) is 0 Å². The Balaban J connectivity index is 2.81. The largest absolute Gasteiger partial charge is 0.314 e. The number of hydrogen-bond donors (Lipinski definition) is 1. The molecule has 0 spiro atoms. The summed E-state index contributed by atoms with van der Waals surface area (Å²) in [6, 6.07) is 0. The summed E-state index contributed by atoms with van der Waals surface area (Å²) < 4.78 is -1.44. The van der Waals surface area contributed by atoms with Gasteiger partial charge in [0.25, 0.3) is 5.91 Å². The third-order valence-corrected chi connectivity index (χ3v) is 2.15. The topological polar surface area (TPSA) is 29.1 Å². The Morgan fingerprint density at radius 3 is 2.12 bits per heavy atom. The number of carbonyl (C=O) groups is 1. The molecule has 5 heteroatoms. The van der Waals surface area contributed by atoms with E-state index in [1.54, 1.807) is 0 Å². The lowest BCUT2D eigenvalue weighted by molar-refractivity contribution is -0.121. The van der Waals surface area contributed by atoms with Gasteiger partial charge in [-0.2, -0.15) is 0 Å². The van der Waals surface area contributed by atoms with E-state index in [-0.39, 0.29) is 4.99 Å². The van der Waals surface area contributed by atoms with Gasteiger partial charge in [0.05, 0.1) is 0 Å². The molecule has 0 saturated carbocycles. The number of thiocarbonyl (C=S) groups is 1. The number of hydrogen-bond acceptors (Lipinski definition) is 2. The highest BCUT2D eigenvalue weighted by Crippen LogP contribution is 2.28. The Labute approximate surface area is 61.1 Å². The number of carbonyl (C=O) groups excluding carboxylic acids is 1. The van der Waals surface area contributed by atoms with E-state index in [4.69, 9.17) is 23.2 Å². The van der Waals surface area contributed by atoms with Crippen molar-refractivity contribution in [3.8, 4) is 0 Å². The zero-order chi connectivity index (χ0) is 6.36. The minimum absolute atomic E-state index is 0.186. The van der Waals surface area contributed by atoms with E-state index in [0.717, 1.165) is 0 Å². The smallest absolute Gasteiger partial charge is 0.268 e. The molecule has 1 aliphatic rings. The molecular formula is C3HCl2NOS. The predicted octanol–water partition coefficient (Wildman–Crippen LogP) is 0.617. The average molecular weight is 170 g/mol. The second kappa shape index (κ2) is 1.56. The summed E-state index contributed by atoms with van der Waals surface area (Å²) in [7, 11) is 0. The van der Waals surface area contributed by atoms with Crippen LogP contribution in [0.2, 0.25) is 0 Å². The lowest BCUT2D eigenvalue weighted by Gasteiger charge is -2.28. The van der Waals surface area contributed by atoms with Crippen LogP contribution in [0.4, 0.5) is 0 Å². The zero-order valence-corrected chi connectivity index (χ0v) is 5.90. The highest BCUT2D eigenvalue weighted by atomic mass is 35.5. The fourth-order valence-corrected chi connectivity index (χ4v) is 0.675. The molecule has 1 saturated heterocycles. The summed E-state index contributed by atoms with van der Waals surface area (Å²) in [5.41, 5.74) is 0. The van der Waals surface area contributed by atoms with E-state index in [1.807, 2.05) is 0 Å². The Kier molecular flexibility index (Phi) is 1.22. The first-order chi connectivity index (χ1) is 3.55. The molecule has 1 aliphatic heterocycles. The second-order valence-corrected chi connectivity index (χ2v) is 3.09. The van der Waals surface area contributed by atoms with Gasteiger partial charge in [-0.05, 0) is 0 Å². The molecule has 0 aromatic heterocycles. The molecule has 0 aliphatic carbocycles. The summed E-state index contributed by atoms with van der Waals surface area (Å²) in [6.07, 6.45) is 0. The van der Waals surface area contributed by atoms with Crippen LogP contribution in [0.25, 0.3) is 0 Å². The van der Waals surface area contributed by atoms with Crippen molar-refractivity contribution in [2.75, 3.05) is 0 Å². The summed E-state index contributed by atoms with van der Waals surface area (Å²) >= 11 is 15.1. The molecule has 44 valence electrons. The molecule has 1 amide bonds. The number of nitrogens with one attached hydrogen (secondary N) is 1. The van der Waals surface area contributed by atoms with E-state index in [0.29, 0.717) is 0 Å². The van der Waals surface area contributed by atoms with Crippen molar-refractivity contribution in [2.24, 2.45) is 0 Å². The molecule has 0 atom stereocenters. The van der Waals surface area contributed by atoms with Crippen LogP contribution in [0.1, 0.15) is 0 Å². The Morgan fingerprint density at radius 1 is 1.62 bits per heavy atom. The van der Waals surface area contributed by atoms with Crippen LogP contribution in [0.5, 0.6) is 0 Å². The van der Waals surface area contributed by atoms with Crippen LogP contribution in [0, 0.1) is 0 Å². The standard InChI is InChI=1S/C3HCl2NOS/c4-3(5)1(7)6-2(3)8/h(H,6,7,8). The summed E-state index contributed by atoms with van der Waals surface area (Å²) in [5, 5.41) is 2.22. The van der Waals surface area contributed by atoms with Gasteiger partial charge in [-0.15, -0.1) is 0 Å². The minimum Gasteiger partial charge on any atom is -0.314 e. The van der Waals surface area contributed by atoms with Crippen molar-refractivity contribution in [2.45, 2.75) is 4.33 Å². The lowest BCUT2D eigenvalue weighted by Crippen LogP contribution is -2.61. The van der Waals surface area contributed by atoms with Crippen LogP contribution in [0.3, 0.4) is 0 Å². The summed E-state index contributed by atoms with van der Waals surface area (Å²) in [5.74, 6) is -0.439. The molecule has 0 unspecified atom stereocenters. The van der Waals surface area contributed by atoms with Crippen molar-refractivity contribution < 1.29 is 4.79 Å². The van der Waals surface area contributed by atoms with Gasteiger partial charge < -0.3 is 5.32 Å². The van der Waals surface area contributed by atoms with Crippen LogP contribution in [-0.2, 0) is 4.79 Å². The van der Waals surface area contributed by atoms with Crippen molar-refractivity contribution in [1.29, 1.82) is 0 Å².